The number of carbonyl (C=O) groups excluding carboxylic acids is 2. The first-order valence-corrected chi connectivity index (χ1v) is 8.26. The zero-order chi connectivity index (χ0) is 16.5. The molecular weight excluding hydrogens is 276 g/mol. The van der Waals surface area contributed by atoms with Gasteiger partial charge in [0.25, 0.3) is 0 Å². The molecule has 4 N–H and O–H groups in total. The summed E-state index contributed by atoms with van der Waals surface area (Å²) in [6, 6.07) is 3.55. The standard InChI is InChI=1S/C18H28N2O2/c1-3-5-7-9-13-11-16(18(20)22)14(10-8-6-4-2)12-15(13)17(19)21/h11-12H,3-10H2,1-2H3,(H2,19,21)(H2,20,22). The maximum atomic E-state index is 11.7. The van der Waals surface area contributed by atoms with Crippen molar-refractivity contribution in [2.75, 3.05) is 0 Å². The molecule has 0 bridgehead atoms. The lowest BCUT2D eigenvalue weighted by Gasteiger charge is -2.13. The van der Waals surface area contributed by atoms with Crippen LogP contribution in [-0.2, 0) is 12.8 Å². The van der Waals surface area contributed by atoms with Crippen LogP contribution in [0.15, 0.2) is 12.1 Å². The highest BCUT2D eigenvalue weighted by molar-refractivity contribution is 5.99. The van der Waals surface area contributed by atoms with Crippen LogP contribution in [0.25, 0.3) is 0 Å². The van der Waals surface area contributed by atoms with Crippen molar-refractivity contribution in [1.82, 2.24) is 0 Å². The van der Waals surface area contributed by atoms with Crippen LogP contribution < -0.4 is 11.5 Å². The molecule has 0 aromatic heterocycles. The van der Waals surface area contributed by atoms with Crippen LogP contribution in [0.3, 0.4) is 0 Å². The molecule has 0 atom stereocenters. The van der Waals surface area contributed by atoms with E-state index in [2.05, 4.69) is 13.8 Å². The molecule has 22 heavy (non-hydrogen) atoms. The number of primary amides is 2. The monoisotopic (exact) mass is 304 g/mol. The van der Waals surface area contributed by atoms with E-state index in [4.69, 9.17) is 11.5 Å². The minimum Gasteiger partial charge on any atom is -0.366 e. The first-order valence-electron chi connectivity index (χ1n) is 8.26. The molecule has 0 aliphatic carbocycles. The van der Waals surface area contributed by atoms with Crippen LogP contribution in [0.4, 0.5) is 0 Å². The second-order valence-corrected chi connectivity index (χ2v) is 5.81. The smallest absolute Gasteiger partial charge is 0.248 e. The van der Waals surface area contributed by atoms with Gasteiger partial charge >= 0.3 is 0 Å². The molecular formula is C18H28N2O2. The van der Waals surface area contributed by atoms with Gasteiger partial charge in [0, 0.05) is 11.1 Å². The third kappa shape index (κ3) is 5.17. The number of rotatable bonds is 10. The van der Waals surface area contributed by atoms with E-state index in [0.717, 1.165) is 62.5 Å². The summed E-state index contributed by atoms with van der Waals surface area (Å²) in [6.45, 7) is 4.25. The Morgan fingerprint density at radius 2 is 1.14 bits per heavy atom. The molecule has 0 saturated carbocycles. The maximum absolute atomic E-state index is 11.7. The van der Waals surface area contributed by atoms with E-state index >= 15 is 0 Å². The van der Waals surface area contributed by atoms with E-state index in [0.29, 0.717) is 11.1 Å². The summed E-state index contributed by atoms with van der Waals surface area (Å²) in [5, 5.41) is 0. The summed E-state index contributed by atoms with van der Waals surface area (Å²) >= 11 is 0. The van der Waals surface area contributed by atoms with Gasteiger partial charge in [-0.2, -0.15) is 0 Å². The van der Waals surface area contributed by atoms with Gasteiger partial charge < -0.3 is 11.5 Å². The van der Waals surface area contributed by atoms with Crippen LogP contribution in [0.2, 0.25) is 0 Å². The lowest BCUT2D eigenvalue weighted by Crippen LogP contribution is -2.19. The summed E-state index contributed by atoms with van der Waals surface area (Å²) in [6.07, 6.45) is 7.83. The second-order valence-electron chi connectivity index (χ2n) is 5.81. The van der Waals surface area contributed by atoms with E-state index < -0.39 is 11.8 Å². The molecule has 0 aliphatic rings. The first kappa shape index (κ1) is 18.2. The molecule has 2 amide bonds. The predicted molar refractivity (Wildman–Crippen MR) is 89.9 cm³/mol. The molecule has 0 spiro atoms. The number of nitrogens with two attached hydrogens (primary N) is 2. The summed E-state index contributed by atoms with van der Waals surface area (Å²) in [5.41, 5.74) is 13.8. The van der Waals surface area contributed by atoms with Gasteiger partial charge in [-0.25, -0.2) is 0 Å². The number of hydrogen-bond donors (Lipinski definition) is 2. The largest absolute Gasteiger partial charge is 0.366 e. The fourth-order valence-corrected chi connectivity index (χ4v) is 2.69. The van der Waals surface area contributed by atoms with Crippen molar-refractivity contribution in [3.8, 4) is 0 Å². The summed E-state index contributed by atoms with van der Waals surface area (Å²) < 4.78 is 0. The molecule has 1 rings (SSSR count). The van der Waals surface area contributed by atoms with Gasteiger partial charge in [-0.3, -0.25) is 9.59 Å². The van der Waals surface area contributed by atoms with Gasteiger partial charge in [-0.15, -0.1) is 0 Å². The Kier molecular flexibility index (Phi) is 7.64. The normalized spacial score (nSPS) is 10.6. The quantitative estimate of drug-likeness (QED) is 0.649. The fourth-order valence-electron chi connectivity index (χ4n) is 2.69. The maximum Gasteiger partial charge on any atom is 0.248 e. The van der Waals surface area contributed by atoms with E-state index in [-0.39, 0.29) is 0 Å². The van der Waals surface area contributed by atoms with Crippen LogP contribution in [-0.4, -0.2) is 11.8 Å². The number of hydrogen-bond acceptors (Lipinski definition) is 2. The second kappa shape index (κ2) is 9.23. The van der Waals surface area contributed by atoms with E-state index in [1.165, 1.54) is 0 Å². The highest BCUT2D eigenvalue weighted by Gasteiger charge is 2.16. The number of aryl methyl sites for hydroxylation is 2. The van der Waals surface area contributed by atoms with Gasteiger partial charge in [0.2, 0.25) is 11.8 Å². The van der Waals surface area contributed by atoms with Crippen molar-refractivity contribution >= 4 is 11.8 Å². The first-order chi connectivity index (χ1) is 10.5. The van der Waals surface area contributed by atoms with Crippen molar-refractivity contribution in [3.05, 3.63) is 34.4 Å². The Labute approximate surface area is 133 Å². The zero-order valence-corrected chi connectivity index (χ0v) is 13.8. The van der Waals surface area contributed by atoms with Crippen LogP contribution in [0, 0.1) is 0 Å². The summed E-state index contributed by atoms with van der Waals surface area (Å²) in [4.78, 5) is 23.4. The molecule has 0 radical (unpaired) electrons. The molecule has 122 valence electrons. The van der Waals surface area contributed by atoms with Gasteiger partial charge in [-0.1, -0.05) is 39.5 Å². The van der Waals surface area contributed by atoms with Crippen molar-refractivity contribution in [1.29, 1.82) is 0 Å². The summed E-state index contributed by atoms with van der Waals surface area (Å²) in [5.74, 6) is -0.862. The lowest BCUT2D eigenvalue weighted by atomic mass is 9.92. The predicted octanol–water partition coefficient (Wildman–Crippen LogP) is 3.35. The molecule has 0 fully saturated rings. The van der Waals surface area contributed by atoms with Gasteiger partial charge in [0.1, 0.15) is 0 Å². The van der Waals surface area contributed by atoms with Crippen molar-refractivity contribution in [3.63, 3.8) is 0 Å². The van der Waals surface area contributed by atoms with Crippen LogP contribution >= 0.6 is 0 Å². The van der Waals surface area contributed by atoms with Crippen molar-refractivity contribution in [2.45, 2.75) is 65.2 Å². The highest BCUT2D eigenvalue weighted by atomic mass is 16.1. The van der Waals surface area contributed by atoms with E-state index in [1.54, 1.807) is 12.1 Å². The number of benzene rings is 1. The SMILES string of the molecule is CCCCCc1cc(C(N)=O)c(CCCCC)cc1C(N)=O. The third-order valence-electron chi connectivity index (χ3n) is 3.96. The zero-order valence-electron chi connectivity index (χ0n) is 13.8. The average molecular weight is 304 g/mol. The van der Waals surface area contributed by atoms with Crippen molar-refractivity contribution in [2.24, 2.45) is 11.5 Å². The topological polar surface area (TPSA) is 86.2 Å². The molecule has 1 aromatic carbocycles. The Hall–Kier alpha value is -1.84. The molecule has 1 aromatic rings. The molecule has 4 heteroatoms. The Morgan fingerprint density at radius 3 is 1.41 bits per heavy atom. The minimum absolute atomic E-state index is 0.431. The Morgan fingerprint density at radius 1 is 0.773 bits per heavy atom. The average Bonchev–Trinajstić information content (AvgIpc) is 2.47. The highest BCUT2D eigenvalue weighted by Crippen LogP contribution is 2.21. The molecule has 4 nitrogen and oxygen atoms in total. The lowest BCUT2D eigenvalue weighted by molar-refractivity contribution is 0.0986. The minimum atomic E-state index is -0.431. The molecule has 0 aliphatic heterocycles. The number of amides is 2. The number of carbonyl (C=O) groups is 2. The Balaban J connectivity index is 3.13. The van der Waals surface area contributed by atoms with Crippen LogP contribution in [0.1, 0.15) is 84.2 Å². The van der Waals surface area contributed by atoms with Gasteiger partial charge in [0.05, 0.1) is 0 Å². The molecule has 0 saturated heterocycles. The fraction of sp³-hybridized carbons (Fsp3) is 0.556. The van der Waals surface area contributed by atoms with E-state index in [9.17, 15) is 9.59 Å². The van der Waals surface area contributed by atoms with Crippen molar-refractivity contribution < 1.29 is 9.59 Å². The summed E-state index contributed by atoms with van der Waals surface area (Å²) in [7, 11) is 0. The van der Waals surface area contributed by atoms with Gasteiger partial charge in [0.15, 0.2) is 0 Å². The molecule has 0 unspecified atom stereocenters. The number of unbranched alkanes of at least 4 members (excludes halogenated alkanes) is 4. The van der Waals surface area contributed by atoms with Crippen LogP contribution in [0.5, 0.6) is 0 Å². The molecule has 0 heterocycles. The van der Waals surface area contributed by atoms with Gasteiger partial charge in [-0.05, 0) is 48.9 Å². The Bertz CT molecular complexity index is 476. The third-order valence-corrected chi connectivity index (χ3v) is 3.96. The van der Waals surface area contributed by atoms with E-state index in [1.807, 2.05) is 0 Å².